The lowest BCUT2D eigenvalue weighted by Crippen LogP contribution is -1.98. The third-order valence-corrected chi connectivity index (χ3v) is 3.44. The van der Waals surface area contributed by atoms with Crippen molar-refractivity contribution in [3.63, 3.8) is 0 Å². The van der Waals surface area contributed by atoms with Crippen LogP contribution >= 0.6 is 27.5 Å². The Morgan fingerprint density at radius 1 is 1.50 bits per heavy atom. The van der Waals surface area contributed by atoms with E-state index in [1.54, 1.807) is 12.4 Å². The largest absolute Gasteiger partial charge is 0.333 e. The zero-order valence-corrected chi connectivity index (χ0v) is 11.6. The van der Waals surface area contributed by atoms with Gasteiger partial charge in [0.1, 0.15) is 0 Å². The van der Waals surface area contributed by atoms with E-state index < -0.39 is 4.92 Å². The molecule has 0 radical (unpaired) electrons. The van der Waals surface area contributed by atoms with Crippen LogP contribution in [0.1, 0.15) is 11.3 Å². The summed E-state index contributed by atoms with van der Waals surface area (Å²) in [4.78, 5) is 14.3. The van der Waals surface area contributed by atoms with Gasteiger partial charge in [0.15, 0.2) is 0 Å². The predicted octanol–water partition coefficient (Wildman–Crippen LogP) is 3.34. The second-order valence-electron chi connectivity index (χ2n) is 3.70. The van der Waals surface area contributed by atoms with Gasteiger partial charge in [0, 0.05) is 29.3 Å². The topological polar surface area (TPSA) is 61.0 Å². The predicted molar refractivity (Wildman–Crippen MR) is 71.7 cm³/mol. The SMILES string of the molecule is O=[N+]([O-])c1ccc(Cn2cnc(CCl)c2)c(Br)c1. The molecule has 2 aromatic rings. The third-order valence-electron chi connectivity index (χ3n) is 2.42. The van der Waals surface area contributed by atoms with Crippen molar-refractivity contribution in [1.29, 1.82) is 0 Å². The number of hydrogen-bond donors (Lipinski definition) is 0. The second-order valence-corrected chi connectivity index (χ2v) is 4.83. The Bertz CT molecular complexity index is 585. The van der Waals surface area contributed by atoms with Crippen molar-refractivity contribution < 1.29 is 4.92 Å². The minimum Gasteiger partial charge on any atom is -0.333 e. The van der Waals surface area contributed by atoms with Gasteiger partial charge in [-0.2, -0.15) is 0 Å². The molecule has 0 saturated heterocycles. The molecule has 7 heteroatoms. The lowest BCUT2D eigenvalue weighted by Gasteiger charge is -2.05. The number of rotatable bonds is 4. The quantitative estimate of drug-likeness (QED) is 0.491. The van der Waals surface area contributed by atoms with Crippen molar-refractivity contribution in [2.24, 2.45) is 0 Å². The maximum atomic E-state index is 10.6. The summed E-state index contributed by atoms with van der Waals surface area (Å²) in [5, 5.41) is 10.6. The normalized spacial score (nSPS) is 10.6. The first-order valence-corrected chi connectivity index (χ1v) is 6.42. The highest BCUT2D eigenvalue weighted by atomic mass is 79.9. The molecule has 0 atom stereocenters. The first kappa shape index (κ1) is 13.0. The Balaban J connectivity index is 2.21. The summed E-state index contributed by atoms with van der Waals surface area (Å²) in [7, 11) is 0. The minimum atomic E-state index is -0.419. The number of benzene rings is 1. The number of hydrogen-bond acceptors (Lipinski definition) is 3. The van der Waals surface area contributed by atoms with E-state index in [0.717, 1.165) is 11.3 Å². The molecule has 94 valence electrons. The molecule has 0 aliphatic carbocycles. The lowest BCUT2D eigenvalue weighted by atomic mass is 10.2. The maximum absolute atomic E-state index is 10.6. The first-order valence-electron chi connectivity index (χ1n) is 5.09. The number of halogens is 2. The Hall–Kier alpha value is -1.40. The fourth-order valence-electron chi connectivity index (χ4n) is 1.54. The van der Waals surface area contributed by atoms with E-state index in [2.05, 4.69) is 20.9 Å². The van der Waals surface area contributed by atoms with E-state index in [1.165, 1.54) is 12.1 Å². The van der Waals surface area contributed by atoms with E-state index in [-0.39, 0.29) is 5.69 Å². The van der Waals surface area contributed by atoms with Crippen LogP contribution < -0.4 is 0 Å². The number of nitro groups is 1. The molecule has 0 fully saturated rings. The highest BCUT2D eigenvalue weighted by molar-refractivity contribution is 9.10. The van der Waals surface area contributed by atoms with Gasteiger partial charge in [0.2, 0.25) is 0 Å². The molecule has 0 aliphatic heterocycles. The van der Waals surface area contributed by atoms with E-state index >= 15 is 0 Å². The Kier molecular flexibility index (Phi) is 3.98. The number of non-ortho nitro benzene ring substituents is 1. The minimum absolute atomic E-state index is 0.0673. The van der Waals surface area contributed by atoms with Gasteiger partial charge in [0.25, 0.3) is 5.69 Å². The number of imidazole rings is 1. The average molecular weight is 331 g/mol. The van der Waals surface area contributed by atoms with Crippen LogP contribution in [0.4, 0.5) is 5.69 Å². The molecule has 2 rings (SSSR count). The first-order chi connectivity index (χ1) is 8.60. The fraction of sp³-hybridized carbons (Fsp3) is 0.182. The Morgan fingerprint density at radius 2 is 2.28 bits per heavy atom. The summed E-state index contributed by atoms with van der Waals surface area (Å²) in [6.07, 6.45) is 3.53. The van der Waals surface area contributed by atoms with E-state index in [4.69, 9.17) is 11.6 Å². The van der Waals surface area contributed by atoms with Crippen molar-refractivity contribution in [2.75, 3.05) is 0 Å². The van der Waals surface area contributed by atoms with Crippen LogP contribution in [0.5, 0.6) is 0 Å². The van der Waals surface area contributed by atoms with Crippen LogP contribution in [-0.2, 0) is 12.4 Å². The van der Waals surface area contributed by atoms with Gasteiger partial charge in [-0.1, -0.05) is 15.9 Å². The molecule has 0 amide bonds. The molecule has 0 unspecified atom stereocenters. The molecular weight excluding hydrogens is 321 g/mol. The van der Waals surface area contributed by atoms with Gasteiger partial charge >= 0.3 is 0 Å². The third kappa shape index (κ3) is 2.88. The van der Waals surface area contributed by atoms with E-state index in [9.17, 15) is 10.1 Å². The molecule has 0 saturated carbocycles. The monoisotopic (exact) mass is 329 g/mol. The van der Waals surface area contributed by atoms with Crippen molar-refractivity contribution in [2.45, 2.75) is 12.4 Å². The summed E-state index contributed by atoms with van der Waals surface area (Å²) in [6, 6.07) is 4.71. The molecule has 0 bridgehead atoms. The summed E-state index contributed by atoms with van der Waals surface area (Å²) in [5.41, 5.74) is 1.81. The maximum Gasteiger partial charge on any atom is 0.270 e. The van der Waals surface area contributed by atoms with Crippen molar-refractivity contribution in [3.8, 4) is 0 Å². The molecule has 1 aromatic carbocycles. The highest BCUT2D eigenvalue weighted by Crippen LogP contribution is 2.23. The van der Waals surface area contributed by atoms with Crippen LogP contribution in [0.15, 0.2) is 35.2 Å². The number of nitrogens with zero attached hydrogens (tertiary/aromatic N) is 3. The van der Waals surface area contributed by atoms with Gasteiger partial charge in [0.05, 0.1) is 22.8 Å². The van der Waals surface area contributed by atoms with Gasteiger partial charge in [-0.15, -0.1) is 11.6 Å². The second kappa shape index (κ2) is 5.49. The van der Waals surface area contributed by atoms with Crippen LogP contribution in [0.2, 0.25) is 0 Å². The summed E-state index contributed by atoms with van der Waals surface area (Å²) < 4.78 is 2.58. The molecule has 0 aliphatic rings. The molecule has 0 spiro atoms. The van der Waals surface area contributed by atoms with Crippen molar-refractivity contribution in [1.82, 2.24) is 9.55 Å². The van der Waals surface area contributed by atoms with Gasteiger partial charge in [-0.05, 0) is 11.6 Å². The standard InChI is InChI=1S/C11H9BrClN3O2/c12-11-3-10(16(17)18)2-1-8(11)5-15-6-9(4-13)14-7-15/h1-3,6-7H,4-5H2. The molecule has 5 nitrogen and oxygen atoms in total. The van der Waals surface area contributed by atoms with Crippen LogP contribution in [0, 0.1) is 10.1 Å². The Morgan fingerprint density at radius 3 is 2.83 bits per heavy atom. The molecule has 1 heterocycles. The van der Waals surface area contributed by atoms with Gasteiger partial charge in [-0.25, -0.2) is 4.98 Å². The zero-order chi connectivity index (χ0) is 13.1. The van der Waals surface area contributed by atoms with Crippen LogP contribution in [-0.4, -0.2) is 14.5 Å². The zero-order valence-electron chi connectivity index (χ0n) is 9.22. The van der Waals surface area contributed by atoms with Crippen molar-refractivity contribution >= 4 is 33.2 Å². The average Bonchev–Trinajstić information content (AvgIpc) is 2.79. The summed E-state index contributed by atoms with van der Waals surface area (Å²) >= 11 is 9.00. The van der Waals surface area contributed by atoms with E-state index in [0.29, 0.717) is 16.9 Å². The summed E-state index contributed by atoms with van der Waals surface area (Å²) in [6.45, 7) is 0.586. The number of aromatic nitrogens is 2. The summed E-state index contributed by atoms with van der Waals surface area (Å²) in [5.74, 6) is 0.369. The molecule has 18 heavy (non-hydrogen) atoms. The van der Waals surface area contributed by atoms with Gasteiger partial charge in [-0.3, -0.25) is 10.1 Å². The number of alkyl halides is 1. The van der Waals surface area contributed by atoms with Crippen molar-refractivity contribution in [3.05, 3.63) is 56.6 Å². The fourth-order valence-corrected chi connectivity index (χ4v) is 2.17. The Labute approximate surface area is 117 Å². The highest BCUT2D eigenvalue weighted by Gasteiger charge is 2.09. The van der Waals surface area contributed by atoms with E-state index in [1.807, 2.05) is 10.8 Å². The van der Waals surface area contributed by atoms with Gasteiger partial charge < -0.3 is 4.57 Å². The molecular formula is C11H9BrClN3O2. The molecule has 1 aromatic heterocycles. The van der Waals surface area contributed by atoms with Crippen LogP contribution in [0.25, 0.3) is 0 Å². The molecule has 0 N–H and O–H groups in total. The smallest absolute Gasteiger partial charge is 0.270 e. The number of nitro benzene ring substituents is 1. The lowest BCUT2D eigenvalue weighted by molar-refractivity contribution is -0.384. The van der Waals surface area contributed by atoms with Crippen LogP contribution in [0.3, 0.4) is 0 Å².